The maximum absolute atomic E-state index is 5.37. The quantitative estimate of drug-likeness (QED) is 0.528. The molecule has 0 aromatic carbocycles. The molecule has 0 N–H and O–H groups in total. The first-order valence-corrected chi connectivity index (χ1v) is 7.74. The van der Waals surface area contributed by atoms with Gasteiger partial charge in [0.1, 0.15) is 0 Å². The lowest BCUT2D eigenvalue weighted by atomic mass is 10.1. The Hall–Kier alpha value is -0.753. The van der Waals surface area contributed by atoms with Crippen LogP contribution in [0, 0.1) is 0 Å². The van der Waals surface area contributed by atoms with Gasteiger partial charge in [-0.15, -0.1) is 0 Å². The van der Waals surface area contributed by atoms with Gasteiger partial charge in [0.25, 0.3) is 0 Å². The lowest BCUT2D eigenvalue weighted by molar-refractivity contribution is 0.123. The van der Waals surface area contributed by atoms with E-state index in [-0.39, 0.29) is 0 Å². The van der Waals surface area contributed by atoms with E-state index in [4.69, 9.17) is 13.3 Å². The summed E-state index contributed by atoms with van der Waals surface area (Å²) >= 11 is 0. The number of unbranched alkanes of at least 4 members (excludes halogenated alkanes) is 1. The highest BCUT2D eigenvalue weighted by Crippen LogP contribution is 2.17. The van der Waals surface area contributed by atoms with Gasteiger partial charge >= 0.3 is 8.80 Å². The first kappa shape index (κ1) is 14.3. The molecule has 1 aromatic heterocycles. The first-order chi connectivity index (χ1) is 8.26. The molecule has 1 heterocycles. The molecule has 4 nitrogen and oxygen atoms in total. The van der Waals surface area contributed by atoms with Crippen LogP contribution in [0.1, 0.15) is 18.4 Å². The highest BCUT2D eigenvalue weighted by molar-refractivity contribution is 6.60. The Kier molecular flexibility index (Phi) is 6.35. The number of hydrogen-bond donors (Lipinski definition) is 0. The summed E-state index contributed by atoms with van der Waals surface area (Å²) in [5.41, 5.74) is 1.27. The van der Waals surface area contributed by atoms with Gasteiger partial charge in [-0.1, -0.05) is 6.07 Å². The van der Waals surface area contributed by atoms with Gasteiger partial charge in [-0.2, -0.15) is 0 Å². The van der Waals surface area contributed by atoms with Crippen molar-refractivity contribution in [3.05, 3.63) is 30.1 Å². The van der Waals surface area contributed by atoms with Crippen LogP contribution in [0.2, 0.25) is 6.04 Å². The maximum Gasteiger partial charge on any atom is 0.500 e. The summed E-state index contributed by atoms with van der Waals surface area (Å²) in [4.78, 5) is 4.10. The van der Waals surface area contributed by atoms with Crippen LogP contribution in [-0.4, -0.2) is 35.1 Å². The standard InChI is InChI=1S/C12H21NO3Si/c1-14-17(15-2,16-3)10-5-4-7-12-8-6-9-13-11-12/h6,8-9,11H,4-5,7,10H2,1-3H3. The van der Waals surface area contributed by atoms with Crippen LogP contribution in [0.3, 0.4) is 0 Å². The lowest BCUT2D eigenvalue weighted by Crippen LogP contribution is -2.42. The highest BCUT2D eigenvalue weighted by Gasteiger charge is 2.36. The SMILES string of the molecule is CO[Si](CCCCc1cccnc1)(OC)OC. The second kappa shape index (κ2) is 7.55. The van der Waals surface area contributed by atoms with Crippen molar-refractivity contribution in [2.75, 3.05) is 21.3 Å². The van der Waals surface area contributed by atoms with E-state index in [1.807, 2.05) is 12.3 Å². The molecule has 0 saturated carbocycles. The molecule has 0 radical (unpaired) electrons. The predicted molar refractivity (Wildman–Crippen MR) is 68.8 cm³/mol. The molecular weight excluding hydrogens is 234 g/mol. The minimum absolute atomic E-state index is 0.858. The largest absolute Gasteiger partial charge is 0.500 e. The number of nitrogens with zero attached hydrogens (tertiary/aromatic N) is 1. The summed E-state index contributed by atoms with van der Waals surface area (Å²) in [5, 5.41) is 0. The Balaban J connectivity index is 2.28. The van der Waals surface area contributed by atoms with E-state index in [0.717, 1.165) is 25.3 Å². The number of rotatable bonds is 8. The Morgan fingerprint density at radius 3 is 2.35 bits per heavy atom. The Morgan fingerprint density at radius 2 is 1.82 bits per heavy atom. The zero-order valence-corrected chi connectivity index (χ0v) is 11.8. The fourth-order valence-electron chi connectivity index (χ4n) is 1.77. The third-order valence-corrected chi connectivity index (χ3v) is 5.69. The second-order valence-electron chi connectivity index (χ2n) is 3.86. The normalized spacial score (nSPS) is 11.7. The zero-order chi connectivity index (χ0) is 12.6. The molecule has 17 heavy (non-hydrogen) atoms. The molecule has 96 valence electrons. The molecule has 0 saturated heterocycles. The summed E-state index contributed by atoms with van der Waals surface area (Å²) < 4.78 is 16.1. The van der Waals surface area contributed by atoms with Crippen molar-refractivity contribution in [3.8, 4) is 0 Å². The van der Waals surface area contributed by atoms with Crippen molar-refractivity contribution < 1.29 is 13.3 Å². The molecule has 5 heteroatoms. The van der Waals surface area contributed by atoms with Crippen molar-refractivity contribution in [1.29, 1.82) is 0 Å². The van der Waals surface area contributed by atoms with Crippen molar-refractivity contribution in [2.24, 2.45) is 0 Å². The summed E-state index contributed by atoms with van der Waals surface area (Å²) in [6, 6.07) is 4.92. The molecule has 0 unspecified atom stereocenters. The van der Waals surface area contributed by atoms with Crippen molar-refractivity contribution >= 4 is 8.80 Å². The van der Waals surface area contributed by atoms with E-state index in [9.17, 15) is 0 Å². The van der Waals surface area contributed by atoms with Gasteiger partial charge in [-0.3, -0.25) is 4.98 Å². The van der Waals surface area contributed by atoms with Gasteiger partial charge in [-0.25, -0.2) is 0 Å². The molecule has 0 atom stereocenters. The average Bonchev–Trinajstić information content (AvgIpc) is 2.41. The maximum atomic E-state index is 5.37. The van der Waals surface area contributed by atoms with Crippen LogP contribution in [0.4, 0.5) is 0 Å². The van der Waals surface area contributed by atoms with Crippen LogP contribution in [-0.2, 0) is 19.7 Å². The Morgan fingerprint density at radius 1 is 1.12 bits per heavy atom. The number of aryl methyl sites for hydroxylation is 1. The van der Waals surface area contributed by atoms with Crippen LogP contribution in [0.25, 0.3) is 0 Å². The van der Waals surface area contributed by atoms with Crippen molar-refractivity contribution in [3.63, 3.8) is 0 Å². The third kappa shape index (κ3) is 4.55. The molecule has 0 bridgehead atoms. The minimum atomic E-state index is -2.37. The predicted octanol–water partition coefficient (Wildman–Crippen LogP) is 2.28. The highest BCUT2D eigenvalue weighted by atomic mass is 28.4. The van der Waals surface area contributed by atoms with Crippen LogP contribution < -0.4 is 0 Å². The summed E-state index contributed by atoms with van der Waals surface area (Å²) in [5.74, 6) is 0. The first-order valence-electron chi connectivity index (χ1n) is 5.80. The van der Waals surface area contributed by atoms with E-state index >= 15 is 0 Å². The van der Waals surface area contributed by atoms with Gasteiger partial charge in [0.05, 0.1) is 0 Å². The van der Waals surface area contributed by atoms with Crippen LogP contribution >= 0.6 is 0 Å². The number of pyridine rings is 1. The average molecular weight is 255 g/mol. The third-order valence-electron chi connectivity index (χ3n) is 2.85. The monoisotopic (exact) mass is 255 g/mol. The molecule has 0 spiro atoms. The molecule has 0 aliphatic carbocycles. The number of hydrogen-bond acceptors (Lipinski definition) is 4. The van der Waals surface area contributed by atoms with Gasteiger partial charge in [0.2, 0.25) is 0 Å². The summed E-state index contributed by atoms with van der Waals surface area (Å²) in [7, 11) is 2.59. The number of aromatic nitrogens is 1. The van der Waals surface area contributed by atoms with E-state index in [1.54, 1.807) is 27.5 Å². The van der Waals surface area contributed by atoms with E-state index in [2.05, 4.69) is 11.1 Å². The molecular formula is C12H21NO3Si. The Labute approximate surface area is 104 Å². The molecule has 1 aromatic rings. The summed E-state index contributed by atoms with van der Waals surface area (Å²) in [6.07, 6.45) is 6.87. The van der Waals surface area contributed by atoms with E-state index in [1.165, 1.54) is 5.56 Å². The molecule has 0 aliphatic heterocycles. The van der Waals surface area contributed by atoms with Gasteiger partial charge in [0, 0.05) is 39.8 Å². The smallest absolute Gasteiger partial charge is 0.377 e. The van der Waals surface area contributed by atoms with Crippen molar-refractivity contribution in [2.45, 2.75) is 25.3 Å². The van der Waals surface area contributed by atoms with Gasteiger partial charge in [-0.05, 0) is 30.9 Å². The second-order valence-corrected chi connectivity index (χ2v) is 6.95. The van der Waals surface area contributed by atoms with Gasteiger partial charge in [0.15, 0.2) is 0 Å². The molecule has 0 aliphatic rings. The fourth-order valence-corrected chi connectivity index (χ4v) is 3.57. The van der Waals surface area contributed by atoms with Gasteiger partial charge < -0.3 is 13.3 Å². The molecule has 0 fully saturated rings. The topological polar surface area (TPSA) is 40.6 Å². The zero-order valence-electron chi connectivity index (χ0n) is 10.8. The molecule has 0 amide bonds. The molecule has 1 rings (SSSR count). The Bertz CT molecular complexity index is 296. The van der Waals surface area contributed by atoms with E-state index < -0.39 is 8.80 Å². The van der Waals surface area contributed by atoms with Crippen molar-refractivity contribution in [1.82, 2.24) is 4.98 Å². The lowest BCUT2D eigenvalue weighted by Gasteiger charge is -2.24. The fraction of sp³-hybridized carbons (Fsp3) is 0.583. The van der Waals surface area contributed by atoms with Crippen LogP contribution in [0.15, 0.2) is 24.5 Å². The summed E-state index contributed by atoms with van der Waals surface area (Å²) in [6.45, 7) is 0. The van der Waals surface area contributed by atoms with Crippen LogP contribution in [0.5, 0.6) is 0 Å². The minimum Gasteiger partial charge on any atom is -0.377 e. The van der Waals surface area contributed by atoms with E-state index in [0.29, 0.717) is 0 Å².